The third-order valence-electron chi connectivity index (χ3n) is 2.92. The average Bonchev–Trinajstić information content (AvgIpc) is 2.85. The Morgan fingerprint density at radius 3 is 2.67 bits per heavy atom. The second kappa shape index (κ2) is 6.29. The summed E-state index contributed by atoms with van der Waals surface area (Å²) in [6.45, 7) is 2.34. The first-order chi connectivity index (χ1) is 9.94. The summed E-state index contributed by atoms with van der Waals surface area (Å²) < 4.78 is 28.7. The quantitative estimate of drug-likeness (QED) is 0.777. The number of nitrogens with zero attached hydrogens (tertiary/aromatic N) is 4. The molecule has 0 aliphatic rings. The molecule has 2 N–H and O–H groups in total. The van der Waals surface area contributed by atoms with Crippen molar-refractivity contribution in [3.63, 3.8) is 0 Å². The van der Waals surface area contributed by atoms with Crippen molar-refractivity contribution in [3.05, 3.63) is 36.0 Å². The topological polar surface area (TPSA) is 102 Å². The van der Waals surface area contributed by atoms with Crippen molar-refractivity contribution >= 4 is 10.0 Å². The van der Waals surface area contributed by atoms with Crippen LogP contribution in [0.4, 0.5) is 0 Å². The lowest BCUT2D eigenvalue weighted by atomic mass is 10.3. The van der Waals surface area contributed by atoms with Gasteiger partial charge in [-0.3, -0.25) is 0 Å². The fourth-order valence-electron chi connectivity index (χ4n) is 1.91. The molecular formula is C12H18N6O2S. The number of rotatable bonds is 6. The summed E-state index contributed by atoms with van der Waals surface area (Å²) in [5.74, 6) is 0.533. The summed E-state index contributed by atoms with van der Waals surface area (Å²) in [7, 11) is -0.127. The first kappa shape index (κ1) is 15.5. The zero-order valence-corrected chi connectivity index (χ0v) is 12.9. The highest BCUT2D eigenvalue weighted by molar-refractivity contribution is 7.89. The summed E-state index contributed by atoms with van der Waals surface area (Å²) in [5, 5.41) is 10.6. The molecule has 9 heteroatoms. The number of aryl methyl sites for hydroxylation is 1. The van der Waals surface area contributed by atoms with Gasteiger partial charge in [-0.15, -0.1) is 10.2 Å². The molecule has 0 spiro atoms. The zero-order chi connectivity index (χ0) is 15.5. The van der Waals surface area contributed by atoms with Crippen LogP contribution in [0.15, 0.2) is 29.7 Å². The van der Waals surface area contributed by atoms with Crippen molar-refractivity contribution in [3.8, 4) is 0 Å². The molecule has 2 aromatic heterocycles. The molecule has 2 rings (SSSR count). The Morgan fingerprint density at radius 2 is 2.14 bits per heavy atom. The van der Waals surface area contributed by atoms with Crippen LogP contribution in [0, 0.1) is 0 Å². The van der Waals surface area contributed by atoms with Crippen LogP contribution >= 0.6 is 0 Å². The van der Waals surface area contributed by atoms with Crippen LogP contribution in [0.5, 0.6) is 0 Å². The minimum atomic E-state index is -3.70. The van der Waals surface area contributed by atoms with E-state index < -0.39 is 16.1 Å². The number of pyridine rings is 1. The molecule has 0 radical (unpaired) electrons. The van der Waals surface area contributed by atoms with Gasteiger partial charge in [0, 0.05) is 19.8 Å². The van der Waals surface area contributed by atoms with E-state index in [-0.39, 0.29) is 5.03 Å². The van der Waals surface area contributed by atoms with Crippen LogP contribution in [0.25, 0.3) is 0 Å². The summed E-state index contributed by atoms with van der Waals surface area (Å²) in [6, 6.07) is 2.71. The van der Waals surface area contributed by atoms with Gasteiger partial charge in [0.2, 0.25) is 0 Å². The van der Waals surface area contributed by atoms with Gasteiger partial charge >= 0.3 is 0 Å². The minimum Gasteiger partial charge on any atom is -0.319 e. The van der Waals surface area contributed by atoms with Crippen molar-refractivity contribution in [2.45, 2.75) is 24.5 Å². The molecule has 1 unspecified atom stereocenters. The fraction of sp³-hybridized carbons (Fsp3) is 0.417. The molecule has 0 aliphatic carbocycles. The highest BCUT2D eigenvalue weighted by Gasteiger charge is 2.22. The van der Waals surface area contributed by atoms with Crippen molar-refractivity contribution < 1.29 is 8.42 Å². The van der Waals surface area contributed by atoms with Crippen LogP contribution in [0.1, 0.15) is 24.4 Å². The van der Waals surface area contributed by atoms with E-state index in [1.54, 1.807) is 24.6 Å². The first-order valence-electron chi connectivity index (χ1n) is 6.40. The predicted molar refractivity (Wildman–Crippen MR) is 76.7 cm³/mol. The molecule has 0 aromatic carbocycles. The number of sulfonamides is 1. The highest BCUT2D eigenvalue weighted by atomic mass is 32.2. The third kappa shape index (κ3) is 3.63. The first-order valence-corrected chi connectivity index (χ1v) is 7.88. The molecule has 0 saturated heterocycles. The molecule has 1 atom stereocenters. The van der Waals surface area contributed by atoms with Gasteiger partial charge < -0.3 is 9.88 Å². The van der Waals surface area contributed by atoms with E-state index >= 15 is 0 Å². The van der Waals surface area contributed by atoms with Crippen LogP contribution in [-0.2, 0) is 23.6 Å². The van der Waals surface area contributed by atoms with Gasteiger partial charge in [-0.1, -0.05) is 6.07 Å². The number of nitrogens with one attached hydrogen (secondary N) is 2. The average molecular weight is 310 g/mol. The third-order valence-corrected chi connectivity index (χ3v) is 4.38. The second-order valence-corrected chi connectivity index (χ2v) is 6.34. The standard InChI is InChI=1S/C12H18N6O2S/c1-9(12-16-15-8-18(12)3)17-21(19,20)11-5-4-10(6-13-2)7-14-11/h4-5,7-9,13,17H,6H2,1-3H3. The summed E-state index contributed by atoms with van der Waals surface area (Å²) >= 11 is 0. The van der Waals surface area contributed by atoms with Crippen LogP contribution in [0.3, 0.4) is 0 Å². The van der Waals surface area contributed by atoms with Gasteiger partial charge in [0.15, 0.2) is 5.03 Å². The van der Waals surface area contributed by atoms with Gasteiger partial charge in [0.25, 0.3) is 10.0 Å². The van der Waals surface area contributed by atoms with E-state index in [1.165, 1.54) is 18.6 Å². The van der Waals surface area contributed by atoms with Gasteiger partial charge in [0.05, 0.1) is 6.04 Å². The van der Waals surface area contributed by atoms with E-state index in [0.717, 1.165) is 5.56 Å². The van der Waals surface area contributed by atoms with Crippen LogP contribution in [-0.4, -0.2) is 35.2 Å². The SMILES string of the molecule is CNCc1ccc(S(=O)(=O)NC(C)c2nncn2C)nc1. The lowest BCUT2D eigenvalue weighted by Crippen LogP contribution is -2.29. The highest BCUT2D eigenvalue weighted by Crippen LogP contribution is 2.13. The van der Waals surface area contributed by atoms with Crippen molar-refractivity contribution in [1.82, 2.24) is 29.8 Å². The molecule has 2 heterocycles. The second-order valence-electron chi connectivity index (χ2n) is 4.68. The molecule has 114 valence electrons. The molecule has 0 fully saturated rings. The lowest BCUT2D eigenvalue weighted by molar-refractivity contribution is 0.550. The van der Waals surface area contributed by atoms with Gasteiger partial charge in [-0.05, 0) is 25.6 Å². The van der Waals surface area contributed by atoms with E-state index in [9.17, 15) is 8.42 Å². The Bertz CT molecular complexity index is 695. The summed E-state index contributed by atoms with van der Waals surface area (Å²) in [4.78, 5) is 3.99. The van der Waals surface area contributed by atoms with Crippen LogP contribution < -0.4 is 10.0 Å². The largest absolute Gasteiger partial charge is 0.319 e. The zero-order valence-electron chi connectivity index (χ0n) is 12.1. The minimum absolute atomic E-state index is 0.0172. The monoisotopic (exact) mass is 310 g/mol. The maximum Gasteiger partial charge on any atom is 0.258 e. The molecular weight excluding hydrogens is 292 g/mol. The van der Waals surface area contributed by atoms with E-state index in [0.29, 0.717) is 12.4 Å². The Kier molecular flexibility index (Phi) is 4.66. The van der Waals surface area contributed by atoms with Crippen molar-refractivity contribution in [2.75, 3.05) is 7.05 Å². The normalized spacial score (nSPS) is 13.3. The predicted octanol–water partition coefficient (Wildman–Crippen LogP) is -0.0310. The van der Waals surface area contributed by atoms with Crippen molar-refractivity contribution in [2.24, 2.45) is 7.05 Å². The van der Waals surface area contributed by atoms with Gasteiger partial charge in [-0.25, -0.2) is 13.4 Å². The Balaban J connectivity index is 2.16. The Labute approximate surface area is 123 Å². The van der Waals surface area contributed by atoms with E-state index in [1.807, 2.05) is 7.05 Å². The Hall–Kier alpha value is -1.84. The maximum absolute atomic E-state index is 12.3. The van der Waals surface area contributed by atoms with Crippen LogP contribution in [0.2, 0.25) is 0 Å². The van der Waals surface area contributed by atoms with E-state index in [2.05, 4.69) is 25.2 Å². The van der Waals surface area contributed by atoms with Gasteiger partial charge in [-0.2, -0.15) is 4.72 Å². The molecule has 8 nitrogen and oxygen atoms in total. The van der Waals surface area contributed by atoms with Gasteiger partial charge in [0.1, 0.15) is 12.2 Å². The summed E-state index contributed by atoms with van der Waals surface area (Å²) in [6.07, 6.45) is 3.06. The Morgan fingerprint density at radius 1 is 1.38 bits per heavy atom. The number of hydrogen-bond acceptors (Lipinski definition) is 6. The molecule has 0 saturated carbocycles. The molecule has 0 bridgehead atoms. The molecule has 21 heavy (non-hydrogen) atoms. The fourth-order valence-corrected chi connectivity index (χ4v) is 3.04. The molecule has 0 aliphatic heterocycles. The van der Waals surface area contributed by atoms with E-state index in [4.69, 9.17) is 0 Å². The molecule has 0 amide bonds. The molecule has 2 aromatic rings. The number of hydrogen-bond donors (Lipinski definition) is 2. The smallest absolute Gasteiger partial charge is 0.258 e. The lowest BCUT2D eigenvalue weighted by Gasteiger charge is -2.13. The maximum atomic E-state index is 12.3. The summed E-state index contributed by atoms with van der Waals surface area (Å²) in [5.41, 5.74) is 0.915. The van der Waals surface area contributed by atoms with Crippen molar-refractivity contribution in [1.29, 1.82) is 0 Å². The number of aromatic nitrogens is 4.